The molecule has 4 rings (SSSR count). The lowest BCUT2D eigenvalue weighted by Gasteiger charge is -2.43. The number of thiophene rings is 1. The van der Waals surface area contributed by atoms with E-state index in [0.717, 1.165) is 46.7 Å². The molecule has 4 heterocycles. The summed E-state index contributed by atoms with van der Waals surface area (Å²) >= 11 is 1.33. The van der Waals surface area contributed by atoms with Gasteiger partial charge in [-0.1, -0.05) is 0 Å². The number of aromatic nitrogens is 2. The Morgan fingerprint density at radius 3 is 2.66 bits per heavy atom. The second kappa shape index (κ2) is 7.57. The van der Waals surface area contributed by atoms with Crippen molar-refractivity contribution in [2.75, 3.05) is 19.7 Å². The molecule has 7 nitrogen and oxygen atoms in total. The smallest absolute Gasteiger partial charge is 0.345 e. The Kier molecular flexibility index (Phi) is 5.25. The standard InChI is InChI=1S/C21H27N3O4S/c1-13-16(14(2)23(3)22-13)4-5-18(25)24-9-7-21(8-10-24)19-15(6-11-28-21)12-17(29-19)20(26)27/h12H,4-11H2,1-3H3,(H,26,27). The summed E-state index contributed by atoms with van der Waals surface area (Å²) in [6.07, 6.45) is 3.38. The maximum absolute atomic E-state index is 12.8. The number of hydrogen-bond donors (Lipinski definition) is 1. The normalized spacial score (nSPS) is 18.1. The third kappa shape index (κ3) is 3.59. The molecule has 0 saturated carbocycles. The van der Waals surface area contributed by atoms with Crippen molar-refractivity contribution >= 4 is 23.2 Å². The van der Waals surface area contributed by atoms with Gasteiger partial charge in [-0.2, -0.15) is 5.10 Å². The van der Waals surface area contributed by atoms with E-state index >= 15 is 0 Å². The predicted octanol–water partition coefficient (Wildman–Crippen LogP) is 2.82. The molecule has 1 spiro atoms. The summed E-state index contributed by atoms with van der Waals surface area (Å²) in [5, 5.41) is 13.8. The molecule has 156 valence electrons. The van der Waals surface area contributed by atoms with Crippen LogP contribution < -0.4 is 0 Å². The predicted molar refractivity (Wildman–Crippen MR) is 109 cm³/mol. The van der Waals surface area contributed by atoms with E-state index in [1.807, 2.05) is 30.5 Å². The van der Waals surface area contributed by atoms with Gasteiger partial charge in [0.15, 0.2) is 0 Å². The fourth-order valence-electron chi connectivity index (χ4n) is 4.59. The van der Waals surface area contributed by atoms with Gasteiger partial charge in [-0.3, -0.25) is 9.48 Å². The van der Waals surface area contributed by atoms with E-state index in [-0.39, 0.29) is 5.91 Å². The van der Waals surface area contributed by atoms with Crippen LogP contribution in [0.15, 0.2) is 6.07 Å². The van der Waals surface area contributed by atoms with Crippen molar-refractivity contribution in [2.24, 2.45) is 7.05 Å². The molecule has 0 radical (unpaired) electrons. The molecule has 0 unspecified atom stereocenters. The van der Waals surface area contributed by atoms with Crippen molar-refractivity contribution in [3.63, 3.8) is 0 Å². The number of nitrogens with zero attached hydrogens (tertiary/aromatic N) is 3. The number of carboxylic acids is 1. The zero-order chi connectivity index (χ0) is 20.8. The lowest BCUT2D eigenvalue weighted by atomic mass is 9.85. The number of piperidine rings is 1. The van der Waals surface area contributed by atoms with Crippen LogP contribution in [0.25, 0.3) is 0 Å². The number of carbonyl (C=O) groups excluding carboxylic acids is 1. The zero-order valence-electron chi connectivity index (χ0n) is 17.2. The van der Waals surface area contributed by atoms with Crippen molar-refractivity contribution in [3.05, 3.63) is 38.3 Å². The lowest BCUT2D eigenvalue weighted by Crippen LogP contribution is -2.47. The van der Waals surface area contributed by atoms with Gasteiger partial charge in [0, 0.05) is 37.1 Å². The number of aromatic carboxylic acids is 1. The van der Waals surface area contributed by atoms with Crippen LogP contribution in [0.4, 0.5) is 0 Å². The molecule has 8 heteroatoms. The maximum Gasteiger partial charge on any atom is 0.345 e. The van der Waals surface area contributed by atoms with Crippen molar-refractivity contribution in [1.82, 2.24) is 14.7 Å². The molecule has 1 fully saturated rings. The van der Waals surface area contributed by atoms with Crippen molar-refractivity contribution in [2.45, 2.75) is 51.6 Å². The summed E-state index contributed by atoms with van der Waals surface area (Å²) in [6, 6.07) is 1.79. The summed E-state index contributed by atoms with van der Waals surface area (Å²) in [5.74, 6) is -0.718. The van der Waals surface area contributed by atoms with E-state index in [2.05, 4.69) is 5.10 Å². The van der Waals surface area contributed by atoms with Crippen LogP contribution in [0.3, 0.4) is 0 Å². The van der Waals surface area contributed by atoms with Gasteiger partial charge >= 0.3 is 5.97 Å². The van der Waals surface area contributed by atoms with E-state index in [1.54, 1.807) is 6.07 Å². The molecular weight excluding hydrogens is 390 g/mol. The molecule has 2 aromatic heterocycles. The Morgan fingerprint density at radius 2 is 2.03 bits per heavy atom. The van der Waals surface area contributed by atoms with E-state index in [1.165, 1.54) is 11.3 Å². The average Bonchev–Trinajstić information content (AvgIpc) is 3.24. The number of likely N-dealkylation sites (tertiary alicyclic amines) is 1. The Labute approximate surface area is 174 Å². The van der Waals surface area contributed by atoms with Crippen LogP contribution in [0.5, 0.6) is 0 Å². The number of carbonyl (C=O) groups is 2. The molecule has 2 aliphatic rings. The number of hydrogen-bond acceptors (Lipinski definition) is 5. The molecule has 0 aromatic carbocycles. The first-order valence-electron chi connectivity index (χ1n) is 10.1. The van der Waals surface area contributed by atoms with E-state index in [4.69, 9.17) is 4.74 Å². The van der Waals surface area contributed by atoms with Crippen LogP contribution in [0.2, 0.25) is 0 Å². The summed E-state index contributed by atoms with van der Waals surface area (Å²) in [6.45, 7) is 5.92. The summed E-state index contributed by atoms with van der Waals surface area (Å²) < 4.78 is 8.05. The molecule has 0 atom stereocenters. The van der Waals surface area contributed by atoms with Gasteiger partial charge in [0.2, 0.25) is 5.91 Å². The molecule has 0 aliphatic carbocycles. The van der Waals surface area contributed by atoms with Gasteiger partial charge < -0.3 is 14.7 Å². The highest BCUT2D eigenvalue weighted by atomic mass is 32.1. The average molecular weight is 418 g/mol. The Bertz CT molecular complexity index is 954. The second-order valence-corrected chi connectivity index (χ2v) is 9.07. The molecule has 1 amide bonds. The van der Waals surface area contributed by atoms with Crippen LogP contribution in [0.1, 0.15) is 56.3 Å². The van der Waals surface area contributed by atoms with E-state index < -0.39 is 11.6 Å². The molecular formula is C21H27N3O4S. The molecule has 29 heavy (non-hydrogen) atoms. The lowest BCUT2D eigenvalue weighted by molar-refractivity contribution is -0.140. The second-order valence-electron chi connectivity index (χ2n) is 8.02. The highest BCUT2D eigenvalue weighted by molar-refractivity contribution is 7.14. The van der Waals surface area contributed by atoms with Crippen molar-refractivity contribution in [3.8, 4) is 0 Å². The van der Waals surface area contributed by atoms with Gasteiger partial charge in [0.05, 0.1) is 12.3 Å². The van der Waals surface area contributed by atoms with E-state index in [9.17, 15) is 14.7 Å². The van der Waals surface area contributed by atoms with Crippen LogP contribution in [-0.2, 0) is 35.0 Å². The SMILES string of the molecule is Cc1nn(C)c(C)c1CCC(=O)N1CCC2(CC1)OCCc1cc(C(=O)O)sc12. The first-order chi connectivity index (χ1) is 13.8. The molecule has 2 aromatic rings. The summed E-state index contributed by atoms with van der Waals surface area (Å²) in [4.78, 5) is 27.5. The van der Waals surface area contributed by atoms with Crippen molar-refractivity contribution < 1.29 is 19.4 Å². The minimum Gasteiger partial charge on any atom is -0.477 e. The number of amides is 1. The highest BCUT2D eigenvalue weighted by Crippen LogP contribution is 2.45. The third-order valence-electron chi connectivity index (χ3n) is 6.35. The number of ether oxygens (including phenoxy) is 1. The minimum atomic E-state index is -0.881. The number of carboxylic acid groups (broad SMARTS) is 1. The Balaban J connectivity index is 1.41. The number of fused-ring (bicyclic) bond motifs is 2. The summed E-state index contributed by atoms with van der Waals surface area (Å²) in [5.41, 5.74) is 3.93. The molecule has 0 bridgehead atoms. The number of rotatable bonds is 4. The van der Waals surface area contributed by atoms with Gasteiger partial charge in [0.25, 0.3) is 0 Å². The summed E-state index contributed by atoms with van der Waals surface area (Å²) in [7, 11) is 1.93. The molecule has 1 saturated heterocycles. The highest BCUT2D eigenvalue weighted by Gasteiger charge is 2.43. The zero-order valence-corrected chi connectivity index (χ0v) is 18.0. The molecule has 1 N–H and O–H groups in total. The first-order valence-corrected chi connectivity index (χ1v) is 10.9. The van der Waals surface area contributed by atoms with Gasteiger partial charge in [0.1, 0.15) is 10.5 Å². The van der Waals surface area contributed by atoms with Crippen LogP contribution in [0, 0.1) is 13.8 Å². The minimum absolute atomic E-state index is 0.163. The van der Waals surface area contributed by atoms with Gasteiger partial charge in [-0.15, -0.1) is 11.3 Å². The largest absolute Gasteiger partial charge is 0.477 e. The fraction of sp³-hybridized carbons (Fsp3) is 0.571. The topological polar surface area (TPSA) is 84.7 Å². The first kappa shape index (κ1) is 20.1. The quantitative estimate of drug-likeness (QED) is 0.827. The van der Waals surface area contributed by atoms with Gasteiger partial charge in [-0.25, -0.2) is 4.79 Å². The maximum atomic E-state index is 12.8. The van der Waals surface area contributed by atoms with Crippen LogP contribution >= 0.6 is 11.3 Å². The van der Waals surface area contributed by atoms with E-state index in [0.29, 0.717) is 37.4 Å². The number of aryl methyl sites for hydroxylation is 2. The van der Waals surface area contributed by atoms with Gasteiger partial charge in [-0.05, 0) is 56.7 Å². The van der Waals surface area contributed by atoms with Crippen molar-refractivity contribution in [1.29, 1.82) is 0 Å². The van der Waals surface area contributed by atoms with Crippen LogP contribution in [-0.4, -0.2) is 51.4 Å². The fourth-order valence-corrected chi connectivity index (χ4v) is 5.83. The Morgan fingerprint density at radius 1 is 1.31 bits per heavy atom. The molecule has 2 aliphatic heterocycles. The third-order valence-corrected chi connectivity index (χ3v) is 7.71. The monoisotopic (exact) mass is 417 g/mol. The Hall–Kier alpha value is -2.19.